The van der Waals surface area contributed by atoms with Gasteiger partial charge in [0.25, 0.3) is 35.4 Å². The van der Waals surface area contributed by atoms with Gasteiger partial charge in [0, 0.05) is 44.1 Å². The van der Waals surface area contributed by atoms with Crippen LogP contribution in [0.25, 0.3) is 22.5 Å². The zero-order chi connectivity index (χ0) is 59.4. The fourth-order valence-electron chi connectivity index (χ4n) is 7.73. The molecule has 0 radical (unpaired) electrons. The highest BCUT2D eigenvalue weighted by Crippen LogP contribution is 2.29. The minimum atomic E-state index is -2.36. The molecule has 0 aromatic heterocycles. The quantitative estimate of drug-likeness (QED) is 0.0174. The molecule has 432 valence electrons. The molecule has 80 heavy (non-hydrogen) atoms. The van der Waals surface area contributed by atoms with Crippen molar-refractivity contribution in [1.29, 1.82) is 0 Å². The van der Waals surface area contributed by atoms with E-state index in [1.165, 1.54) is 38.5 Å². The van der Waals surface area contributed by atoms with Crippen LogP contribution in [-0.4, -0.2) is 170 Å². The first kappa shape index (κ1) is 62.6. The summed E-state index contributed by atoms with van der Waals surface area (Å²) in [5, 5.41) is 40.2. The van der Waals surface area contributed by atoms with Crippen molar-refractivity contribution in [3.05, 3.63) is 82.7 Å². The van der Waals surface area contributed by atoms with Crippen LogP contribution in [0, 0.1) is 11.8 Å². The number of aliphatic hydroxyl groups excluding tert-OH is 2. The summed E-state index contributed by atoms with van der Waals surface area (Å²) < 4.78 is 10.8. The molecule has 0 fully saturated rings. The molecule has 1 aliphatic rings. The highest BCUT2D eigenvalue weighted by molar-refractivity contribution is 6.00. The number of hydrogen-bond acceptors (Lipinski definition) is 18. The maximum atomic E-state index is 14.2. The number of guanidine groups is 4. The third-order valence-electron chi connectivity index (χ3n) is 11.3. The molecular weight excluding hydrogens is 1050 g/mol. The molecule has 3 aromatic carbocycles. The lowest BCUT2D eigenvalue weighted by Crippen LogP contribution is -2.60. The van der Waals surface area contributed by atoms with Crippen LogP contribution in [0.1, 0.15) is 11.6 Å². The summed E-state index contributed by atoms with van der Waals surface area (Å²) in [4.78, 5) is 124. The molecule has 9 atom stereocenters. The largest absolute Gasteiger partial charge is 0.396 e. The zero-order valence-electron chi connectivity index (χ0n) is 43.1. The van der Waals surface area contributed by atoms with Gasteiger partial charge >= 0.3 is 0 Å². The first-order chi connectivity index (χ1) is 37.9. The van der Waals surface area contributed by atoms with Gasteiger partial charge in [0.05, 0.1) is 25.7 Å². The number of nitrogens with two attached hydrogens (primary N) is 10. The van der Waals surface area contributed by atoms with Gasteiger partial charge in [-0.15, -0.1) is 0 Å². The lowest BCUT2D eigenvalue weighted by molar-refractivity contribution is -0.141. The number of fused-ring (bicyclic) bond motifs is 2. The predicted octanol–water partition coefficient (Wildman–Crippen LogP) is -11.4. The van der Waals surface area contributed by atoms with Gasteiger partial charge in [-0.3, -0.25) is 38.4 Å². The van der Waals surface area contributed by atoms with E-state index in [2.05, 4.69) is 41.2 Å². The average molecular weight is 1120 g/mol. The molecule has 0 saturated heterocycles. The van der Waals surface area contributed by atoms with Crippen molar-refractivity contribution in [3.8, 4) is 0 Å². The molecule has 0 saturated carbocycles. The normalized spacial score (nSPS) is 15.3. The van der Waals surface area contributed by atoms with Crippen LogP contribution in [0.5, 0.6) is 0 Å². The molecule has 4 rings (SSSR count). The Morgan fingerprint density at radius 3 is 1.41 bits per heavy atom. The van der Waals surface area contributed by atoms with E-state index in [1.54, 1.807) is 6.07 Å². The Morgan fingerprint density at radius 1 is 0.562 bits per heavy atom. The number of carbonyl (C=O) groups excluding carboxylic acids is 8. The summed E-state index contributed by atoms with van der Waals surface area (Å²) in [7, 11) is 3.07. The second kappa shape index (κ2) is 29.6. The Kier molecular flexibility index (Phi) is 23.2. The number of aliphatic hydroxyl groups is 2. The van der Waals surface area contributed by atoms with E-state index >= 15 is 0 Å². The molecule has 1 aliphatic carbocycles. The highest BCUT2D eigenvalue weighted by atomic mass is 16.5. The number of ether oxygens (including phenoxy) is 2. The Balaban J connectivity index is 1.59. The number of nitrogens with one attached hydrogen (secondary N) is 7. The Bertz CT molecular complexity index is 2990. The summed E-state index contributed by atoms with van der Waals surface area (Å²) in [5.41, 5.74) is 55.2. The molecular formula is C46H66N22O12. The van der Waals surface area contributed by atoms with Crippen LogP contribution >= 0.6 is 0 Å². The summed E-state index contributed by atoms with van der Waals surface area (Å²) >= 11 is 0. The number of primary amides is 1. The van der Waals surface area contributed by atoms with Crippen LogP contribution in [0.4, 0.5) is 0 Å². The van der Waals surface area contributed by atoms with E-state index in [4.69, 9.17) is 66.8 Å². The summed E-state index contributed by atoms with van der Waals surface area (Å²) in [5.74, 6) is -15.7. The van der Waals surface area contributed by atoms with E-state index in [0.717, 1.165) is 21.2 Å². The number of benzene rings is 3. The van der Waals surface area contributed by atoms with Crippen LogP contribution in [0.2, 0.25) is 0 Å². The summed E-state index contributed by atoms with van der Waals surface area (Å²) in [6, 6.07) is 17.0. The van der Waals surface area contributed by atoms with Crippen LogP contribution in [0.3, 0.4) is 0 Å². The van der Waals surface area contributed by atoms with E-state index in [1.807, 2.05) is 63.3 Å². The Hall–Kier alpha value is -9.90. The number of aliphatic imine (C=N–C) groups is 4. The van der Waals surface area contributed by atoms with E-state index < -0.39 is 133 Å². The van der Waals surface area contributed by atoms with Crippen molar-refractivity contribution in [2.45, 2.75) is 43.1 Å². The van der Waals surface area contributed by atoms with E-state index in [9.17, 15) is 48.6 Å². The second-order valence-corrected chi connectivity index (χ2v) is 17.1. The number of nitrogens with zero attached hydrogens (tertiary/aromatic N) is 5. The number of hydrogen-bond donors (Lipinski definition) is 19. The van der Waals surface area contributed by atoms with Crippen molar-refractivity contribution in [3.63, 3.8) is 0 Å². The number of methoxy groups -OCH3 is 2. The van der Waals surface area contributed by atoms with Crippen molar-refractivity contribution in [2.24, 2.45) is 89.1 Å². The smallest absolute Gasteiger partial charge is 0.270 e. The molecule has 9 unspecified atom stereocenters. The van der Waals surface area contributed by atoms with Gasteiger partial charge in [-0.2, -0.15) is 0 Å². The summed E-state index contributed by atoms with van der Waals surface area (Å²) in [6.45, 7) is 0.568. The van der Waals surface area contributed by atoms with Crippen LogP contribution in [0.15, 0.2) is 86.7 Å². The standard InChI is InChI=1S/C46H66N22O12/c1-79-14-12-68(13-15-80-2)28-24-17-22-11-7-6-10-21(22)16-23(24)18-25(28)26(19-69)35(71)67-42(78)41(77)57-27(20-8-4-3-5-9-20)36(72)59-32(64-44(51)52)38(74)61-34(66-46(55)56)40(76)62-33(65-45(53)54)39(75)60-31(63-43(49)50)37(73)58-29(47)30(48)70/h3-11,16-18,25-27,29,31-34,42,69,78H,12-15,19,47H2,1-2H3,(H2,48,70)(H,57,77)(H,58,73)(H,59,72)(H,60,75)(H,61,74)(H,62,76)(H,67,71)(H4,49,50,63)(H4,51,52,64)(H4,53,54,65)(H4,55,56,66). The van der Waals surface area contributed by atoms with Crippen molar-refractivity contribution in [2.75, 3.05) is 47.1 Å². The van der Waals surface area contributed by atoms with E-state index in [0.29, 0.717) is 32.0 Å². The lowest BCUT2D eigenvalue weighted by atomic mass is 9.89. The van der Waals surface area contributed by atoms with Crippen molar-refractivity contribution in [1.82, 2.24) is 42.1 Å². The summed E-state index contributed by atoms with van der Waals surface area (Å²) in [6.07, 6.45) is -11.0. The highest BCUT2D eigenvalue weighted by Gasteiger charge is 2.38. The fourth-order valence-corrected chi connectivity index (χ4v) is 7.73. The lowest BCUT2D eigenvalue weighted by Gasteiger charge is -2.33. The van der Waals surface area contributed by atoms with Gasteiger partial charge in [-0.05, 0) is 33.7 Å². The number of rotatable bonds is 29. The van der Waals surface area contributed by atoms with Gasteiger partial charge in [0.2, 0.25) is 42.7 Å². The molecule has 3 aromatic rings. The first-order valence-corrected chi connectivity index (χ1v) is 23.7. The van der Waals surface area contributed by atoms with Gasteiger partial charge < -0.3 is 119 Å². The number of carbonyl (C=O) groups is 8. The Morgan fingerprint density at radius 2 is 0.988 bits per heavy atom. The SMILES string of the molecule is COCCN(CCOC)C1=c2cc3ccccc3cc2=CC1C(CO)C(=O)NC(O)C(=O)NC(C(=O)NC(N=C(N)N)C(=O)NC(N=C(N)N)C(=O)NC(N=C(N)N)C(=O)NC(N=C(N)N)C(=O)NC(N)C(N)=O)c1ccccc1. The third-order valence-corrected chi connectivity index (χ3v) is 11.3. The molecule has 8 amide bonds. The predicted molar refractivity (Wildman–Crippen MR) is 288 cm³/mol. The van der Waals surface area contributed by atoms with Gasteiger partial charge in [-0.1, -0.05) is 60.7 Å². The Labute approximate surface area is 454 Å². The van der Waals surface area contributed by atoms with E-state index in [-0.39, 0.29) is 5.56 Å². The average Bonchev–Trinajstić information content (AvgIpc) is 3.75. The fraction of sp³-hybridized carbons (Fsp3) is 0.348. The molecule has 0 heterocycles. The van der Waals surface area contributed by atoms with Crippen molar-refractivity contribution < 1.29 is 58.0 Å². The molecule has 34 nitrogen and oxygen atoms in total. The topological polar surface area (TPSA) is 593 Å². The molecule has 0 bridgehead atoms. The molecule has 29 N–H and O–H groups in total. The van der Waals surface area contributed by atoms with Gasteiger partial charge in [0.15, 0.2) is 30.0 Å². The molecule has 0 spiro atoms. The number of amides is 8. The second-order valence-electron chi connectivity index (χ2n) is 17.1. The minimum absolute atomic E-state index is 0.0446. The monoisotopic (exact) mass is 1120 g/mol. The maximum absolute atomic E-state index is 14.2. The van der Waals surface area contributed by atoms with Crippen LogP contribution < -0.4 is 105 Å². The van der Waals surface area contributed by atoms with Crippen molar-refractivity contribution >= 4 is 93.6 Å². The zero-order valence-corrected chi connectivity index (χ0v) is 43.1. The first-order valence-electron chi connectivity index (χ1n) is 23.7. The minimum Gasteiger partial charge on any atom is -0.396 e. The van der Waals surface area contributed by atoms with Gasteiger partial charge in [0.1, 0.15) is 6.04 Å². The molecule has 0 aliphatic heterocycles. The third kappa shape index (κ3) is 17.8. The molecule has 34 heteroatoms. The van der Waals surface area contributed by atoms with Crippen LogP contribution in [-0.2, 0) is 47.8 Å². The maximum Gasteiger partial charge on any atom is 0.270 e. The van der Waals surface area contributed by atoms with Gasteiger partial charge in [-0.25, -0.2) is 20.0 Å².